The van der Waals surface area contributed by atoms with E-state index < -0.39 is 5.60 Å². The molecule has 2 amide bonds. The van der Waals surface area contributed by atoms with Gasteiger partial charge in [0.05, 0.1) is 68.6 Å². The minimum absolute atomic E-state index is 0.0596. The molecule has 1 aliphatic carbocycles. The maximum absolute atomic E-state index is 13.8. The molecule has 3 aromatic rings. The number of hydrogen-bond donors (Lipinski definition) is 1. The lowest BCUT2D eigenvalue weighted by atomic mass is 9.90. The van der Waals surface area contributed by atoms with Crippen LogP contribution >= 0.6 is 0 Å². The lowest BCUT2D eigenvalue weighted by Gasteiger charge is -2.30. The zero-order chi connectivity index (χ0) is 33.7. The van der Waals surface area contributed by atoms with Gasteiger partial charge in [-0.25, -0.2) is 0 Å². The molecule has 49 heavy (non-hydrogen) atoms. The van der Waals surface area contributed by atoms with Gasteiger partial charge < -0.3 is 34.5 Å². The van der Waals surface area contributed by atoms with E-state index >= 15 is 0 Å². The van der Waals surface area contributed by atoms with Crippen molar-refractivity contribution in [3.63, 3.8) is 0 Å². The number of amides is 2. The Morgan fingerprint density at radius 2 is 1.63 bits per heavy atom. The first-order valence-electron chi connectivity index (χ1n) is 16.8. The van der Waals surface area contributed by atoms with Crippen molar-refractivity contribution in [1.29, 1.82) is 0 Å². The van der Waals surface area contributed by atoms with Crippen molar-refractivity contribution >= 4 is 41.3 Å². The Morgan fingerprint density at radius 1 is 0.857 bits per heavy atom. The van der Waals surface area contributed by atoms with Crippen molar-refractivity contribution in [2.24, 2.45) is 15.9 Å². The summed E-state index contributed by atoms with van der Waals surface area (Å²) in [5, 5.41) is 0. The molecule has 4 aliphatic heterocycles. The van der Waals surface area contributed by atoms with Gasteiger partial charge in [-0.1, -0.05) is 12.1 Å². The molecule has 1 unspecified atom stereocenters. The SMILES string of the molecule is COc1ccc2c(c1)C(=O)N1CC(OCCCOc3cc4c(cc3OC)C(=O)N3C=C(C5CC5)C[C@H]3C=N4)(c3ccc(N)cc3)C[C@H]1C=N2. The van der Waals surface area contributed by atoms with Gasteiger partial charge in [0.25, 0.3) is 11.8 Å². The fourth-order valence-corrected chi connectivity index (χ4v) is 7.33. The Bertz CT molecular complexity index is 1900. The van der Waals surface area contributed by atoms with Gasteiger partial charge in [0.1, 0.15) is 11.4 Å². The second-order valence-electron chi connectivity index (χ2n) is 13.3. The van der Waals surface area contributed by atoms with Gasteiger partial charge >= 0.3 is 0 Å². The van der Waals surface area contributed by atoms with Crippen molar-refractivity contribution in [2.45, 2.75) is 49.8 Å². The second-order valence-corrected chi connectivity index (χ2v) is 13.3. The van der Waals surface area contributed by atoms with Crippen molar-refractivity contribution in [2.75, 3.05) is 39.7 Å². The van der Waals surface area contributed by atoms with Gasteiger partial charge in [-0.3, -0.25) is 19.6 Å². The van der Waals surface area contributed by atoms with Gasteiger partial charge in [0.15, 0.2) is 11.5 Å². The minimum atomic E-state index is -0.769. The van der Waals surface area contributed by atoms with Crippen LogP contribution in [0.25, 0.3) is 0 Å². The van der Waals surface area contributed by atoms with Crippen LogP contribution in [-0.2, 0) is 10.3 Å². The number of nitrogen functional groups attached to an aromatic ring is 1. The molecule has 0 aromatic heterocycles. The van der Waals surface area contributed by atoms with E-state index in [4.69, 9.17) is 29.7 Å². The minimum Gasteiger partial charge on any atom is -0.497 e. The molecule has 1 saturated carbocycles. The van der Waals surface area contributed by atoms with E-state index in [1.54, 1.807) is 32.4 Å². The molecule has 2 N–H and O–H groups in total. The van der Waals surface area contributed by atoms with Gasteiger partial charge in [-0.15, -0.1) is 0 Å². The quantitative estimate of drug-likeness (QED) is 0.214. The van der Waals surface area contributed by atoms with Crippen molar-refractivity contribution in [1.82, 2.24) is 9.80 Å². The first-order valence-corrected chi connectivity index (χ1v) is 16.8. The third-order valence-corrected chi connectivity index (χ3v) is 10.1. The van der Waals surface area contributed by atoms with Crippen molar-refractivity contribution in [3.8, 4) is 17.2 Å². The van der Waals surface area contributed by atoms with Crippen LogP contribution in [0.3, 0.4) is 0 Å². The average Bonchev–Trinajstić information content (AvgIpc) is 3.83. The van der Waals surface area contributed by atoms with E-state index in [9.17, 15) is 9.59 Å². The largest absolute Gasteiger partial charge is 0.497 e. The molecule has 3 aromatic carbocycles. The lowest BCUT2D eigenvalue weighted by molar-refractivity contribution is -0.0451. The fourth-order valence-electron chi connectivity index (χ4n) is 7.33. The Kier molecular flexibility index (Phi) is 7.86. The van der Waals surface area contributed by atoms with Gasteiger partial charge in [-0.2, -0.15) is 0 Å². The van der Waals surface area contributed by atoms with E-state index in [0.717, 1.165) is 12.0 Å². The smallest absolute Gasteiger partial charge is 0.260 e. The summed E-state index contributed by atoms with van der Waals surface area (Å²) in [6.45, 7) is 1.06. The summed E-state index contributed by atoms with van der Waals surface area (Å²) in [6.07, 6.45) is 10.1. The van der Waals surface area contributed by atoms with Crippen LogP contribution in [0.1, 0.15) is 58.4 Å². The van der Waals surface area contributed by atoms with Gasteiger partial charge in [0, 0.05) is 43.2 Å². The van der Waals surface area contributed by atoms with Crippen LogP contribution in [0.15, 0.2) is 76.4 Å². The number of anilines is 1. The zero-order valence-corrected chi connectivity index (χ0v) is 27.6. The highest BCUT2D eigenvalue weighted by Gasteiger charge is 2.49. The van der Waals surface area contributed by atoms with Crippen LogP contribution in [-0.4, -0.2) is 80.1 Å². The summed E-state index contributed by atoms with van der Waals surface area (Å²) in [4.78, 5) is 40.4. The molecule has 5 aliphatic rings. The van der Waals surface area contributed by atoms with Crippen molar-refractivity contribution < 1.29 is 28.5 Å². The van der Waals surface area contributed by atoms with Gasteiger partial charge in [0.2, 0.25) is 0 Å². The summed E-state index contributed by atoms with van der Waals surface area (Å²) in [5.74, 6) is 2.02. The molecule has 1 saturated heterocycles. The van der Waals surface area contributed by atoms with Crippen LogP contribution in [0, 0.1) is 5.92 Å². The highest BCUT2D eigenvalue weighted by molar-refractivity contribution is 6.04. The standard InChI is InChI=1S/C38H39N5O6/c1-46-29-10-11-32-30(15-29)37(45)43-22-38(18-28(43)20-40-32,25-6-8-26(39)9-7-25)49-13-3-12-48-35-17-33-31(16-34(35)47-2)36(44)42-21-24(23-4-5-23)14-27(42)19-41-33/h6-11,15-17,19-21,23,27-28H,3-5,12-14,18,22,39H2,1-2H3/t27-,28-,38?/m0/s1. The predicted octanol–water partition coefficient (Wildman–Crippen LogP) is 5.82. The number of nitrogens with zero attached hydrogens (tertiary/aromatic N) is 4. The molecule has 0 bridgehead atoms. The molecule has 0 radical (unpaired) electrons. The number of ether oxygens (including phenoxy) is 4. The van der Waals surface area contributed by atoms with Crippen molar-refractivity contribution in [3.05, 3.63) is 83.1 Å². The zero-order valence-electron chi connectivity index (χ0n) is 27.6. The normalized spacial score (nSPS) is 23.7. The maximum atomic E-state index is 13.8. The highest BCUT2D eigenvalue weighted by atomic mass is 16.5. The monoisotopic (exact) mass is 661 g/mol. The second kappa shape index (κ2) is 12.4. The molecule has 252 valence electrons. The number of fused-ring (bicyclic) bond motifs is 4. The summed E-state index contributed by atoms with van der Waals surface area (Å²) in [6, 6.07) is 16.2. The number of nitrogens with two attached hydrogens (primary N) is 1. The summed E-state index contributed by atoms with van der Waals surface area (Å²) in [7, 11) is 3.15. The Labute approximate surface area is 285 Å². The van der Waals surface area contributed by atoms with E-state index in [2.05, 4.69) is 4.99 Å². The molecule has 11 nitrogen and oxygen atoms in total. The molecular formula is C38H39N5O6. The first-order chi connectivity index (χ1) is 23.9. The number of carbonyl (C=O) groups is 2. The topological polar surface area (TPSA) is 128 Å². The van der Waals surface area contributed by atoms with Crippen LogP contribution in [0.5, 0.6) is 17.2 Å². The lowest BCUT2D eigenvalue weighted by Crippen LogP contribution is -2.38. The Balaban J connectivity index is 0.965. The van der Waals surface area contributed by atoms with E-state index in [-0.39, 0.29) is 23.9 Å². The molecule has 2 fully saturated rings. The summed E-state index contributed by atoms with van der Waals surface area (Å²) < 4.78 is 23.9. The number of aliphatic imine (C=N–C) groups is 2. The molecule has 0 spiro atoms. The molecule has 4 heterocycles. The highest BCUT2D eigenvalue weighted by Crippen LogP contribution is 2.45. The maximum Gasteiger partial charge on any atom is 0.260 e. The predicted molar refractivity (Wildman–Crippen MR) is 186 cm³/mol. The summed E-state index contributed by atoms with van der Waals surface area (Å²) in [5.41, 5.74) is 10.4. The van der Waals surface area contributed by atoms with Crippen LogP contribution in [0.4, 0.5) is 17.1 Å². The molecule has 11 heteroatoms. The van der Waals surface area contributed by atoms with E-state index in [1.807, 2.05) is 64.8 Å². The first kappa shape index (κ1) is 31.1. The average molecular weight is 662 g/mol. The van der Waals surface area contributed by atoms with E-state index in [1.165, 1.54) is 18.4 Å². The Hall–Kier alpha value is -5.16. The fraction of sp³-hybridized carbons (Fsp3) is 0.368. The number of benzene rings is 3. The van der Waals surface area contributed by atoms with Crippen LogP contribution < -0.4 is 19.9 Å². The van der Waals surface area contributed by atoms with Gasteiger partial charge in [-0.05, 0) is 72.7 Å². The number of methoxy groups -OCH3 is 2. The summed E-state index contributed by atoms with van der Waals surface area (Å²) >= 11 is 0. The van der Waals surface area contributed by atoms with E-state index in [0.29, 0.717) is 84.0 Å². The number of hydrogen-bond acceptors (Lipinski definition) is 9. The molecular weight excluding hydrogens is 622 g/mol. The molecule has 8 rings (SSSR count). The number of carbonyl (C=O) groups excluding carboxylic acids is 2. The van der Waals surface area contributed by atoms with Crippen LogP contribution in [0.2, 0.25) is 0 Å². The molecule has 3 atom stereocenters. The Morgan fingerprint density at radius 3 is 2.41 bits per heavy atom. The third kappa shape index (κ3) is 5.71. The third-order valence-electron chi connectivity index (χ3n) is 10.1. The number of rotatable bonds is 10.